The summed E-state index contributed by atoms with van der Waals surface area (Å²) >= 11 is 11.2. The Morgan fingerprint density at radius 3 is 2.60 bits per heavy atom. The molecule has 0 unspecified atom stereocenters. The predicted octanol–water partition coefficient (Wildman–Crippen LogP) is 3.48. The molecule has 4 nitrogen and oxygen atoms in total. The molecule has 0 fully saturated rings. The summed E-state index contributed by atoms with van der Waals surface area (Å²) in [6.45, 7) is 5.67. The maximum atomic E-state index is 6.11. The van der Waals surface area contributed by atoms with E-state index in [9.17, 15) is 0 Å². The average molecular weight is 308 g/mol. The number of aromatic nitrogens is 2. The van der Waals surface area contributed by atoms with Crippen LogP contribution in [-0.2, 0) is 0 Å². The molecule has 6 heteroatoms. The van der Waals surface area contributed by atoms with Crippen LogP contribution < -0.4 is 10.5 Å². The highest BCUT2D eigenvalue weighted by Crippen LogP contribution is 2.31. The minimum absolute atomic E-state index is 0.222. The second-order valence-corrected chi connectivity index (χ2v) is 5.34. The van der Waals surface area contributed by atoms with E-state index in [1.165, 1.54) is 0 Å². The normalized spacial score (nSPS) is 10.4. The van der Waals surface area contributed by atoms with Gasteiger partial charge in [0.2, 0.25) is 5.88 Å². The van der Waals surface area contributed by atoms with Crippen molar-refractivity contribution in [1.29, 1.82) is 0 Å². The summed E-state index contributed by atoms with van der Waals surface area (Å²) in [7, 11) is 0. The summed E-state index contributed by atoms with van der Waals surface area (Å²) < 4.78 is 5.75. The molecule has 0 saturated heterocycles. The lowest BCUT2D eigenvalue weighted by Gasteiger charge is -2.13. The standard InChI is InChI=1S/C14H14ClN3OS/c1-7-4-5-10(15)11(6-7)19-14-12(13(16)20)8(2)9(3)17-18-14/h4-6H,1-3H3,(H2,16,20). The van der Waals surface area contributed by atoms with Crippen LogP contribution >= 0.6 is 23.8 Å². The van der Waals surface area contributed by atoms with Gasteiger partial charge < -0.3 is 10.5 Å². The largest absolute Gasteiger partial charge is 0.435 e. The third kappa shape index (κ3) is 2.89. The smallest absolute Gasteiger partial charge is 0.249 e. The second-order valence-electron chi connectivity index (χ2n) is 4.49. The fourth-order valence-electron chi connectivity index (χ4n) is 1.74. The van der Waals surface area contributed by atoms with Crippen molar-refractivity contribution in [3.05, 3.63) is 45.6 Å². The molecule has 0 spiro atoms. The Balaban J connectivity index is 2.51. The number of nitrogens with two attached hydrogens (primary N) is 1. The maximum Gasteiger partial charge on any atom is 0.249 e. The first kappa shape index (κ1) is 14.7. The van der Waals surface area contributed by atoms with E-state index in [0.29, 0.717) is 16.3 Å². The van der Waals surface area contributed by atoms with Crippen LogP contribution in [-0.4, -0.2) is 15.2 Å². The molecule has 0 bridgehead atoms. The zero-order chi connectivity index (χ0) is 14.9. The van der Waals surface area contributed by atoms with E-state index in [4.69, 9.17) is 34.3 Å². The van der Waals surface area contributed by atoms with Crippen molar-refractivity contribution in [3.63, 3.8) is 0 Å². The average Bonchev–Trinajstić information content (AvgIpc) is 2.38. The van der Waals surface area contributed by atoms with Gasteiger partial charge in [-0.3, -0.25) is 0 Å². The molecule has 0 aliphatic rings. The van der Waals surface area contributed by atoms with Crippen molar-refractivity contribution < 1.29 is 4.74 Å². The Morgan fingerprint density at radius 2 is 1.95 bits per heavy atom. The number of rotatable bonds is 3. The van der Waals surface area contributed by atoms with Crippen molar-refractivity contribution in [2.24, 2.45) is 5.73 Å². The quantitative estimate of drug-likeness (QED) is 0.880. The number of ether oxygens (including phenoxy) is 1. The zero-order valence-electron chi connectivity index (χ0n) is 11.4. The van der Waals surface area contributed by atoms with Gasteiger partial charge in [0.15, 0.2) is 0 Å². The van der Waals surface area contributed by atoms with Gasteiger partial charge in [-0.05, 0) is 44.0 Å². The zero-order valence-corrected chi connectivity index (χ0v) is 13.0. The molecular weight excluding hydrogens is 294 g/mol. The van der Waals surface area contributed by atoms with Crippen LogP contribution in [0, 0.1) is 20.8 Å². The number of aryl methyl sites for hydroxylation is 2. The number of thiocarbonyl (C=S) groups is 1. The minimum atomic E-state index is 0.222. The van der Waals surface area contributed by atoms with Crippen LogP contribution in [0.4, 0.5) is 0 Å². The molecule has 2 aromatic rings. The Hall–Kier alpha value is -1.72. The fourth-order valence-corrected chi connectivity index (χ4v) is 2.14. The lowest BCUT2D eigenvalue weighted by atomic mass is 10.1. The van der Waals surface area contributed by atoms with Crippen LogP contribution in [0.25, 0.3) is 0 Å². The lowest BCUT2D eigenvalue weighted by Crippen LogP contribution is -2.15. The van der Waals surface area contributed by atoms with E-state index >= 15 is 0 Å². The first-order valence-corrected chi connectivity index (χ1v) is 6.76. The maximum absolute atomic E-state index is 6.11. The van der Waals surface area contributed by atoms with Crippen LogP contribution in [0.5, 0.6) is 11.6 Å². The lowest BCUT2D eigenvalue weighted by molar-refractivity contribution is 0.452. The summed E-state index contributed by atoms with van der Waals surface area (Å²) in [5.41, 5.74) is 8.98. The number of hydrogen-bond donors (Lipinski definition) is 1. The molecule has 0 amide bonds. The van der Waals surface area contributed by atoms with E-state index < -0.39 is 0 Å². The Bertz CT molecular complexity index is 688. The van der Waals surface area contributed by atoms with Crippen LogP contribution in [0.3, 0.4) is 0 Å². The molecule has 1 heterocycles. The van der Waals surface area contributed by atoms with Crippen LogP contribution in [0.2, 0.25) is 5.02 Å². The molecule has 0 aliphatic heterocycles. The topological polar surface area (TPSA) is 61.0 Å². The summed E-state index contributed by atoms with van der Waals surface area (Å²) in [6, 6.07) is 5.49. The molecule has 2 rings (SSSR count). The van der Waals surface area contributed by atoms with Crippen LogP contribution in [0.1, 0.15) is 22.4 Å². The number of benzene rings is 1. The van der Waals surface area contributed by atoms with E-state index in [-0.39, 0.29) is 10.9 Å². The third-order valence-electron chi connectivity index (χ3n) is 2.96. The van der Waals surface area contributed by atoms with E-state index in [1.807, 2.05) is 32.9 Å². The molecule has 1 aromatic carbocycles. The molecule has 0 atom stereocenters. The Morgan fingerprint density at radius 1 is 1.25 bits per heavy atom. The van der Waals surface area contributed by atoms with Crippen molar-refractivity contribution in [3.8, 4) is 11.6 Å². The molecule has 20 heavy (non-hydrogen) atoms. The fraction of sp³-hybridized carbons (Fsp3) is 0.214. The molecule has 0 radical (unpaired) electrons. The van der Waals surface area contributed by atoms with Crippen molar-refractivity contribution >= 4 is 28.8 Å². The molecular formula is C14H14ClN3OS. The summed E-state index contributed by atoms with van der Waals surface area (Å²) in [5, 5.41) is 8.56. The van der Waals surface area contributed by atoms with Crippen molar-refractivity contribution in [2.75, 3.05) is 0 Å². The molecule has 0 saturated carbocycles. The first-order valence-electron chi connectivity index (χ1n) is 5.98. The van der Waals surface area contributed by atoms with E-state index in [2.05, 4.69) is 10.2 Å². The van der Waals surface area contributed by atoms with Gasteiger partial charge in [0.25, 0.3) is 0 Å². The third-order valence-corrected chi connectivity index (χ3v) is 3.48. The Labute approximate surface area is 127 Å². The number of hydrogen-bond acceptors (Lipinski definition) is 4. The first-order chi connectivity index (χ1) is 9.40. The molecule has 0 aliphatic carbocycles. The Kier molecular flexibility index (Phi) is 4.20. The van der Waals surface area contributed by atoms with Crippen molar-refractivity contribution in [1.82, 2.24) is 10.2 Å². The summed E-state index contributed by atoms with van der Waals surface area (Å²) in [4.78, 5) is 0.222. The van der Waals surface area contributed by atoms with Crippen molar-refractivity contribution in [2.45, 2.75) is 20.8 Å². The number of nitrogens with zero attached hydrogens (tertiary/aromatic N) is 2. The highest BCUT2D eigenvalue weighted by Gasteiger charge is 2.16. The summed E-state index contributed by atoms with van der Waals surface area (Å²) in [6.07, 6.45) is 0. The van der Waals surface area contributed by atoms with Gasteiger partial charge in [-0.2, -0.15) is 5.10 Å². The van der Waals surface area contributed by atoms with Gasteiger partial charge in [-0.15, -0.1) is 5.10 Å². The van der Waals surface area contributed by atoms with Gasteiger partial charge in [0, 0.05) is 0 Å². The van der Waals surface area contributed by atoms with E-state index in [0.717, 1.165) is 16.8 Å². The second kappa shape index (κ2) is 5.73. The highest BCUT2D eigenvalue weighted by atomic mass is 35.5. The SMILES string of the molecule is Cc1ccc(Cl)c(Oc2nnc(C)c(C)c2C(N)=S)c1. The van der Waals surface area contributed by atoms with Gasteiger partial charge in [-0.25, -0.2) is 0 Å². The van der Waals surface area contributed by atoms with E-state index in [1.54, 1.807) is 6.07 Å². The minimum Gasteiger partial charge on any atom is -0.435 e. The predicted molar refractivity (Wildman–Crippen MR) is 83.7 cm³/mol. The van der Waals surface area contributed by atoms with Gasteiger partial charge in [0.1, 0.15) is 10.7 Å². The van der Waals surface area contributed by atoms with Crippen LogP contribution in [0.15, 0.2) is 18.2 Å². The summed E-state index contributed by atoms with van der Waals surface area (Å²) in [5.74, 6) is 0.773. The molecule has 2 N–H and O–H groups in total. The molecule has 1 aromatic heterocycles. The van der Waals surface area contributed by atoms with Gasteiger partial charge >= 0.3 is 0 Å². The van der Waals surface area contributed by atoms with Gasteiger partial charge in [0.05, 0.1) is 16.3 Å². The van der Waals surface area contributed by atoms with Gasteiger partial charge in [-0.1, -0.05) is 29.9 Å². The number of halogens is 1. The highest BCUT2D eigenvalue weighted by molar-refractivity contribution is 7.80. The molecule has 104 valence electrons. The monoisotopic (exact) mass is 307 g/mol.